The molecule has 6 heteroatoms. The van der Waals surface area contributed by atoms with Crippen LogP contribution in [0.5, 0.6) is 11.5 Å². The molecule has 3 aliphatic rings. The van der Waals surface area contributed by atoms with E-state index in [2.05, 4.69) is 11.0 Å². The molecule has 2 fully saturated rings. The predicted octanol–water partition coefficient (Wildman–Crippen LogP) is 4.22. The third-order valence-corrected chi connectivity index (χ3v) is 7.00. The topological polar surface area (TPSA) is 42.0 Å². The molecule has 5 nitrogen and oxygen atoms in total. The van der Waals surface area contributed by atoms with Crippen molar-refractivity contribution in [2.45, 2.75) is 38.1 Å². The van der Waals surface area contributed by atoms with Crippen LogP contribution in [0.15, 0.2) is 42.5 Å². The van der Waals surface area contributed by atoms with Crippen molar-refractivity contribution < 1.29 is 18.7 Å². The second kappa shape index (κ2) is 9.49. The molecule has 0 aromatic heterocycles. The Bertz CT molecular complexity index is 958. The van der Waals surface area contributed by atoms with Crippen LogP contribution in [0.25, 0.3) is 0 Å². The maximum atomic E-state index is 13.4. The van der Waals surface area contributed by atoms with Gasteiger partial charge in [0, 0.05) is 6.54 Å². The Balaban J connectivity index is 1.15. The zero-order chi connectivity index (χ0) is 21.9. The highest BCUT2D eigenvalue weighted by Crippen LogP contribution is 2.38. The standard InChI is InChI=1S/C26H31FN2O3/c27-22-4-1-3-20(16-22)15-19-8-11-28(12-9-19)18-26(30)29-10-2-5-23(29)21-6-7-24-25(17-21)32-14-13-31-24/h1,3-4,6-7,16-17,19,23H,2,5,8-15,18H2. The number of ether oxygens (including phenoxy) is 2. The summed E-state index contributed by atoms with van der Waals surface area (Å²) in [5.41, 5.74) is 2.20. The first-order valence-corrected chi connectivity index (χ1v) is 11.8. The van der Waals surface area contributed by atoms with Gasteiger partial charge in [-0.2, -0.15) is 0 Å². The van der Waals surface area contributed by atoms with Gasteiger partial charge in [-0.15, -0.1) is 0 Å². The first-order valence-electron chi connectivity index (χ1n) is 11.8. The van der Waals surface area contributed by atoms with E-state index in [0.29, 0.717) is 25.7 Å². The number of hydrogen-bond acceptors (Lipinski definition) is 4. The van der Waals surface area contributed by atoms with Gasteiger partial charge in [0.05, 0.1) is 12.6 Å². The third-order valence-electron chi connectivity index (χ3n) is 7.00. The number of fused-ring (bicyclic) bond motifs is 1. The number of hydrogen-bond donors (Lipinski definition) is 0. The Labute approximate surface area is 189 Å². The summed E-state index contributed by atoms with van der Waals surface area (Å²) in [4.78, 5) is 17.5. The number of carbonyl (C=O) groups excluding carboxylic acids is 1. The molecule has 1 amide bonds. The van der Waals surface area contributed by atoms with E-state index in [-0.39, 0.29) is 17.8 Å². The van der Waals surface area contributed by atoms with Crippen molar-refractivity contribution in [2.24, 2.45) is 5.92 Å². The minimum Gasteiger partial charge on any atom is -0.486 e. The zero-order valence-corrected chi connectivity index (χ0v) is 18.5. The summed E-state index contributed by atoms with van der Waals surface area (Å²) in [7, 11) is 0. The first-order chi connectivity index (χ1) is 15.7. The van der Waals surface area contributed by atoms with Crippen molar-refractivity contribution in [3.05, 3.63) is 59.4 Å². The fourth-order valence-corrected chi connectivity index (χ4v) is 5.31. The predicted molar refractivity (Wildman–Crippen MR) is 120 cm³/mol. The average Bonchev–Trinajstić information content (AvgIpc) is 3.30. The van der Waals surface area contributed by atoms with Crippen LogP contribution in [0.4, 0.5) is 4.39 Å². The minimum atomic E-state index is -0.163. The van der Waals surface area contributed by atoms with E-state index in [4.69, 9.17) is 9.47 Å². The quantitative estimate of drug-likeness (QED) is 0.701. The van der Waals surface area contributed by atoms with E-state index in [1.54, 1.807) is 12.1 Å². The van der Waals surface area contributed by atoms with Crippen LogP contribution < -0.4 is 9.47 Å². The van der Waals surface area contributed by atoms with Gasteiger partial charge in [0.15, 0.2) is 11.5 Å². The molecular formula is C26H31FN2O3. The smallest absolute Gasteiger partial charge is 0.237 e. The van der Waals surface area contributed by atoms with Crippen molar-refractivity contribution in [1.29, 1.82) is 0 Å². The second-order valence-electron chi connectivity index (χ2n) is 9.20. The van der Waals surface area contributed by atoms with E-state index < -0.39 is 0 Å². The highest BCUT2D eigenvalue weighted by Gasteiger charge is 2.32. The fraction of sp³-hybridized carbons (Fsp3) is 0.500. The number of halogens is 1. The molecule has 5 rings (SSSR count). The van der Waals surface area contributed by atoms with Crippen molar-refractivity contribution in [2.75, 3.05) is 39.4 Å². The number of rotatable bonds is 5. The van der Waals surface area contributed by atoms with Crippen molar-refractivity contribution in [1.82, 2.24) is 9.80 Å². The van der Waals surface area contributed by atoms with Crippen molar-refractivity contribution in [3.8, 4) is 11.5 Å². The molecule has 0 bridgehead atoms. The zero-order valence-electron chi connectivity index (χ0n) is 18.5. The van der Waals surface area contributed by atoms with Gasteiger partial charge >= 0.3 is 0 Å². The van der Waals surface area contributed by atoms with Gasteiger partial charge < -0.3 is 14.4 Å². The Morgan fingerprint density at radius 1 is 0.969 bits per heavy atom. The highest BCUT2D eigenvalue weighted by molar-refractivity contribution is 5.79. The van der Waals surface area contributed by atoms with Crippen LogP contribution in [0, 0.1) is 11.7 Å². The molecule has 2 aromatic carbocycles. The van der Waals surface area contributed by atoms with Crippen LogP contribution in [-0.4, -0.2) is 55.1 Å². The summed E-state index contributed by atoms with van der Waals surface area (Å²) >= 11 is 0. The average molecular weight is 439 g/mol. The normalized spacial score (nSPS) is 21.7. The lowest BCUT2D eigenvalue weighted by atomic mass is 9.90. The maximum absolute atomic E-state index is 13.4. The van der Waals surface area contributed by atoms with Crippen LogP contribution >= 0.6 is 0 Å². The fourth-order valence-electron chi connectivity index (χ4n) is 5.31. The Kier molecular flexibility index (Phi) is 6.30. The summed E-state index contributed by atoms with van der Waals surface area (Å²) in [5, 5.41) is 0. The van der Waals surface area contributed by atoms with E-state index in [9.17, 15) is 9.18 Å². The third kappa shape index (κ3) is 4.75. The summed E-state index contributed by atoms with van der Waals surface area (Å²) in [6.45, 7) is 4.29. The van der Waals surface area contributed by atoms with Gasteiger partial charge in [0.1, 0.15) is 19.0 Å². The Morgan fingerprint density at radius 2 is 1.78 bits per heavy atom. The lowest BCUT2D eigenvalue weighted by Crippen LogP contribution is -2.43. The summed E-state index contributed by atoms with van der Waals surface area (Å²) < 4.78 is 24.8. The molecule has 32 heavy (non-hydrogen) atoms. The van der Waals surface area contributed by atoms with Crippen LogP contribution in [-0.2, 0) is 11.2 Å². The monoisotopic (exact) mass is 438 g/mol. The first kappa shape index (κ1) is 21.3. The highest BCUT2D eigenvalue weighted by atomic mass is 19.1. The van der Waals surface area contributed by atoms with E-state index in [0.717, 1.165) is 74.4 Å². The largest absolute Gasteiger partial charge is 0.486 e. The molecule has 2 aromatic rings. The van der Waals surface area contributed by atoms with Gasteiger partial charge in [-0.3, -0.25) is 9.69 Å². The van der Waals surface area contributed by atoms with Crippen molar-refractivity contribution >= 4 is 5.91 Å². The summed E-state index contributed by atoms with van der Waals surface area (Å²) in [5.74, 6) is 2.18. The molecule has 0 saturated carbocycles. The number of benzene rings is 2. The van der Waals surface area contributed by atoms with E-state index in [1.165, 1.54) is 6.07 Å². The summed E-state index contributed by atoms with van der Waals surface area (Å²) in [6.07, 6.45) is 5.03. The lowest BCUT2D eigenvalue weighted by molar-refractivity contribution is -0.133. The maximum Gasteiger partial charge on any atom is 0.237 e. The molecule has 1 atom stereocenters. The Hall–Kier alpha value is -2.60. The van der Waals surface area contributed by atoms with Gasteiger partial charge in [-0.05, 0) is 86.5 Å². The molecule has 3 heterocycles. The molecule has 0 N–H and O–H groups in total. The van der Waals surface area contributed by atoms with Gasteiger partial charge in [0.2, 0.25) is 5.91 Å². The van der Waals surface area contributed by atoms with Crippen LogP contribution in [0.3, 0.4) is 0 Å². The summed E-state index contributed by atoms with van der Waals surface area (Å²) in [6, 6.07) is 13.1. The number of carbonyl (C=O) groups is 1. The molecule has 170 valence electrons. The van der Waals surface area contributed by atoms with Crippen molar-refractivity contribution in [3.63, 3.8) is 0 Å². The van der Waals surface area contributed by atoms with Crippen LogP contribution in [0.2, 0.25) is 0 Å². The van der Waals surface area contributed by atoms with Gasteiger partial charge in [0.25, 0.3) is 0 Å². The van der Waals surface area contributed by atoms with Gasteiger partial charge in [-0.25, -0.2) is 4.39 Å². The molecular weight excluding hydrogens is 407 g/mol. The molecule has 0 aliphatic carbocycles. The van der Waals surface area contributed by atoms with Crippen LogP contribution in [0.1, 0.15) is 42.9 Å². The SMILES string of the molecule is O=C(CN1CCC(Cc2cccc(F)c2)CC1)N1CCCC1c1ccc2c(c1)OCCO2. The number of piperidine rings is 1. The Morgan fingerprint density at radius 3 is 2.59 bits per heavy atom. The number of nitrogens with zero attached hydrogens (tertiary/aromatic N) is 2. The van der Waals surface area contributed by atoms with E-state index in [1.807, 2.05) is 23.1 Å². The number of amides is 1. The minimum absolute atomic E-state index is 0.115. The molecule has 0 radical (unpaired) electrons. The number of likely N-dealkylation sites (tertiary alicyclic amines) is 2. The lowest BCUT2D eigenvalue weighted by Gasteiger charge is -2.34. The molecule has 2 saturated heterocycles. The van der Waals surface area contributed by atoms with E-state index >= 15 is 0 Å². The molecule has 1 unspecified atom stereocenters. The molecule has 3 aliphatic heterocycles. The second-order valence-corrected chi connectivity index (χ2v) is 9.20. The van der Waals surface area contributed by atoms with Gasteiger partial charge in [-0.1, -0.05) is 18.2 Å². The molecule has 0 spiro atoms.